The van der Waals surface area contributed by atoms with Crippen LogP contribution in [0, 0.1) is 5.92 Å². The molecular formula is C24H34N4O5. The third-order valence-corrected chi connectivity index (χ3v) is 6.76. The van der Waals surface area contributed by atoms with Crippen molar-refractivity contribution in [3.8, 4) is 5.75 Å². The van der Waals surface area contributed by atoms with Crippen LogP contribution in [0.4, 0.5) is 0 Å². The number of carbonyl (C=O) groups is 3. The van der Waals surface area contributed by atoms with Gasteiger partial charge in [0, 0.05) is 57.9 Å². The van der Waals surface area contributed by atoms with Crippen LogP contribution in [0.1, 0.15) is 29.6 Å². The molecule has 2 saturated heterocycles. The van der Waals surface area contributed by atoms with Crippen molar-refractivity contribution in [3.05, 3.63) is 29.8 Å². The molecule has 0 bridgehead atoms. The smallest absolute Gasteiger partial charge is 0.254 e. The molecule has 2 atom stereocenters. The Balaban J connectivity index is 1.59. The number of carbonyl (C=O) groups excluding carboxylic acids is 3. The lowest BCUT2D eigenvalue weighted by atomic mass is 10.1. The predicted molar refractivity (Wildman–Crippen MR) is 122 cm³/mol. The van der Waals surface area contributed by atoms with E-state index in [-0.39, 0.29) is 29.7 Å². The highest BCUT2D eigenvalue weighted by Crippen LogP contribution is 2.34. The van der Waals surface area contributed by atoms with Gasteiger partial charge in [0.2, 0.25) is 11.8 Å². The number of nitrogens with one attached hydrogen (secondary N) is 1. The van der Waals surface area contributed by atoms with Crippen molar-refractivity contribution in [2.45, 2.75) is 31.3 Å². The van der Waals surface area contributed by atoms with Gasteiger partial charge >= 0.3 is 0 Å². The second-order valence-corrected chi connectivity index (χ2v) is 8.97. The van der Waals surface area contributed by atoms with E-state index in [1.165, 1.54) is 0 Å². The number of ether oxygens (including phenoxy) is 2. The Kier molecular flexibility index (Phi) is 7.49. The Morgan fingerprint density at radius 1 is 1.15 bits per heavy atom. The lowest BCUT2D eigenvalue weighted by Gasteiger charge is -2.32. The number of hydrogen-bond donors (Lipinski definition) is 1. The molecule has 0 aromatic heterocycles. The van der Waals surface area contributed by atoms with Crippen molar-refractivity contribution in [3.63, 3.8) is 0 Å². The summed E-state index contributed by atoms with van der Waals surface area (Å²) in [5.41, 5.74) is 0.477. The molecular weight excluding hydrogens is 424 g/mol. The molecule has 9 nitrogen and oxygen atoms in total. The summed E-state index contributed by atoms with van der Waals surface area (Å²) in [5.74, 6) is 0.511. The highest BCUT2D eigenvalue weighted by atomic mass is 16.5. The lowest BCUT2D eigenvalue weighted by Crippen LogP contribution is -2.53. The SMILES string of the molecule is COCCN(C(=O)C1CC1)C1CC(C(=O)N2CCNCC2)N(C(=O)c2cccc(OC)c2)C1. The molecule has 1 aromatic rings. The van der Waals surface area contributed by atoms with Gasteiger partial charge in [-0.15, -0.1) is 0 Å². The van der Waals surface area contributed by atoms with Gasteiger partial charge < -0.3 is 29.5 Å². The monoisotopic (exact) mass is 458 g/mol. The molecule has 4 rings (SSSR count). The maximum Gasteiger partial charge on any atom is 0.254 e. The van der Waals surface area contributed by atoms with E-state index in [0.717, 1.165) is 25.9 Å². The molecule has 9 heteroatoms. The Hall–Kier alpha value is -2.65. The Morgan fingerprint density at radius 2 is 1.91 bits per heavy atom. The van der Waals surface area contributed by atoms with Crippen LogP contribution in [-0.4, -0.2) is 105 Å². The summed E-state index contributed by atoms with van der Waals surface area (Å²) in [6, 6.07) is 6.19. The minimum absolute atomic E-state index is 0.0409. The summed E-state index contributed by atoms with van der Waals surface area (Å²) in [7, 11) is 3.17. The normalized spacial score (nSPS) is 22.8. The number of methoxy groups -OCH3 is 2. The van der Waals surface area contributed by atoms with Crippen molar-refractivity contribution in [1.82, 2.24) is 20.0 Å². The van der Waals surface area contributed by atoms with Crippen molar-refractivity contribution in [2.24, 2.45) is 5.92 Å². The fourth-order valence-electron chi connectivity index (χ4n) is 4.74. The van der Waals surface area contributed by atoms with Gasteiger partial charge in [-0.3, -0.25) is 14.4 Å². The van der Waals surface area contributed by atoms with Gasteiger partial charge in [-0.2, -0.15) is 0 Å². The third kappa shape index (κ3) is 5.30. The number of nitrogens with zero attached hydrogens (tertiary/aromatic N) is 3. The number of piperazine rings is 1. The summed E-state index contributed by atoms with van der Waals surface area (Å²) in [4.78, 5) is 45.5. The summed E-state index contributed by atoms with van der Waals surface area (Å²) in [6.45, 7) is 3.95. The maximum absolute atomic E-state index is 13.6. The lowest BCUT2D eigenvalue weighted by molar-refractivity contribution is -0.137. The molecule has 1 N–H and O–H groups in total. The van der Waals surface area contributed by atoms with Crippen LogP contribution in [0.25, 0.3) is 0 Å². The second kappa shape index (κ2) is 10.5. The predicted octanol–water partition coefficient (Wildman–Crippen LogP) is 0.595. The van der Waals surface area contributed by atoms with Gasteiger partial charge in [-0.1, -0.05) is 6.07 Å². The minimum atomic E-state index is -0.594. The van der Waals surface area contributed by atoms with Crippen LogP contribution >= 0.6 is 0 Å². The molecule has 3 amide bonds. The fraction of sp³-hybridized carbons (Fsp3) is 0.625. The first-order valence-electron chi connectivity index (χ1n) is 11.8. The summed E-state index contributed by atoms with van der Waals surface area (Å²) in [6.07, 6.45) is 2.26. The highest BCUT2D eigenvalue weighted by molar-refractivity contribution is 5.98. The molecule has 2 aliphatic heterocycles. The van der Waals surface area contributed by atoms with Gasteiger partial charge in [0.15, 0.2) is 0 Å². The first-order chi connectivity index (χ1) is 16.0. The number of benzene rings is 1. The van der Waals surface area contributed by atoms with Crippen molar-refractivity contribution >= 4 is 17.7 Å². The molecule has 3 fully saturated rings. The van der Waals surface area contributed by atoms with Crippen molar-refractivity contribution in [1.29, 1.82) is 0 Å². The zero-order valence-corrected chi connectivity index (χ0v) is 19.5. The average Bonchev–Trinajstić information content (AvgIpc) is 3.63. The molecule has 180 valence electrons. The molecule has 1 saturated carbocycles. The van der Waals surface area contributed by atoms with Crippen LogP contribution in [-0.2, 0) is 14.3 Å². The van der Waals surface area contributed by atoms with Crippen molar-refractivity contribution in [2.75, 3.05) is 60.1 Å². The fourth-order valence-corrected chi connectivity index (χ4v) is 4.74. The summed E-state index contributed by atoms with van der Waals surface area (Å²) in [5, 5.41) is 3.26. The van der Waals surface area contributed by atoms with Crippen LogP contribution < -0.4 is 10.1 Å². The molecule has 2 heterocycles. The van der Waals surface area contributed by atoms with E-state index < -0.39 is 6.04 Å². The van der Waals surface area contributed by atoms with Gasteiger partial charge in [0.05, 0.1) is 19.8 Å². The number of rotatable bonds is 8. The van der Waals surface area contributed by atoms with E-state index >= 15 is 0 Å². The van der Waals surface area contributed by atoms with E-state index in [9.17, 15) is 14.4 Å². The molecule has 1 aliphatic carbocycles. The van der Waals surface area contributed by atoms with Crippen molar-refractivity contribution < 1.29 is 23.9 Å². The maximum atomic E-state index is 13.6. The Labute approximate surface area is 195 Å². The molecule has 1 aromatic carbocycles. The molecule has 0 radical (unpaired) electrons. The van der Waals surface area contributed by atoms with E-state index in [2.05, 4.69) is 5.32 Å². The van der Waals surface area contributed by atoms with Gasteiger partial charge in [-0.05, 0) is 37.5 Å². The van der Waals surface area contributed by atoms with Crippen LogP contribution in [0.3, 0.4) is 0 Å². The largest absolute Gasteiger partial charge is 0.497 e. The Bertz CT molecular complexity index is 868. The zero-order chi connectivity index (χ0) is 23.4. The molecule has 2 unspecified atom stereocenters. The summed E-state index contributed by atoms with van der Waals surface area (Å²) < 4.78 is 10.5. The topological polar surface area (TPSA) is 91.4 Å². The van der Waals surface area contributed by atoms with Crippen LogP contribution in [0.15, 0.2) is 24.3 Å². The highest BCUT2D eigenvalue weighted by Gasteiger charge is 2.46. The van der Waals surface area contributed by atoms with Crippen LogP contribution in [0.5, 0.6) is 5.75 Å². The van der Waals surface area contributed by atoms with E-state index in [0.29, 0.717) is 50.5 Å². The number of amides is 3. The van der Waals surface area contributed by atoms with E-state index in [1.807, 2.05) is 9.80 Å². The minimum Gasteiger partial charge on any atom is -0.497 e. The molecule has 3 aliphatic rings. The quantitative estimate of drug-likeness (QED) is 0.613. The van der Waals surface area contributed by atoms with Gasteiger partial charge in [0.1, 0.15) is 11.8 Å². The van der Waals surface area contributed by atoms with E-state index in [1.54, 1.807) is 43.4 Å². The second-order valence-electron chi connectivity index (χ2n) is 8.97. The zero-order valence-electron chi connectivity index (χ0n) is 19.5. The first kappa shape index (κ1) is 23.5. The average molecular weight is 459 g/mol. The van der Waals surface area contributed by atoms with E-state index in [4.69, 9.17) is 9.47 Å². The number of likely N-dealkylation sites (tertiary alicyclic amines) is 1. The molecule has 0 spiro atoms. The molecule has 33 heavy (non-hydrogen) atoms. The Morgan fingerprint density at radius 3 is 2.58 bits per heavy atom. The van der Waals surface area contributed by atoms with Crippen LogP contribution in [0.2, 0.25) is 0 Å². The van der Waals surface area contributed by atoms with Gasteiger partial charge in [-0.25, -0.2) is 0 Å². The third-order valence-electron chi connectivity index (χ3n) is 6.76. The summed E-state index contributed by atoms with van der Waals surface area (Å²) >= 11 is 0. The van der Waals surface area contributed by atoms with Gasteiger partial charge in [0.25, 0.3) is 5.91 Å². The number of hydrogen-bond acceptors (Lipinski definition) is 6. The first-order valence-corrected chi connectivity index (χ1v) is 11.8. The standard InChI is InChI=1S/C24H34N4O5/c1-32-13-12-27(22(29)17-6-7-17)19-15-21(24(31)26-10-8-25-9-11-26)28(16-19)23(30)18-4-3-5-20(14-18)33-2/h3-5,14,17,19,21,25H,6-13,15-16H2,1-2H3.